The Morgan fingerprint density at radius 1 is 1.19 bits per heavy atom. The van der Waals surface area contributed by atoms with Crippen LogP contribution in [-0.2, 0) is 4.79 Å². The van der Waals surface area contributed by atoms with Crippen LogP contribution in [0.15, 0.2) is 17.2 Å². The molecule has 1 unspecified atom stereocenters. The molecule has 6 nitrogen and oxygen atoms in total. The van der Waals surface area contributed by atoms with Gasteiger partial charge in [0.2, 0.25) is 0 Å². The molecule has 1 aromatic heterocycles. The van der Waals surface area contributed by atoms with Gasteiger partial charge in [-0.2, -0.15) is 13.2 Å². The minimum absolute atomic E-state index is 0.0611. The number of aromatic nitrogens is 1. The number of amides is 1. The lowest BCUT2D eigenvalue weighted by Crippen LogP contribution is -2.42. The van der Waals surface area contributed by atoms with E-state index < -0.39 is 18.1 Å². The summed E-state index contributed by atoms with van der Waals surface area (Å²) in [6.07, 6.45) is -1.60. The highest BCUT2D eigenvalue weighted by Gasteiger charge is 2.42. The Bertz CT molecular complexity index is 813. The number of likely N-dealkylation sites (tertiary alicyclic amines) is 1. The zero-order valence-corrected chi connectivity index (χ0v) is 19.1. The largest absolute Gasteiger partial charge is 0.481 e. The van der Waals surface area contributed by atoms with E-state index in [9.17, 15) is 22.8 Å². The topological polar surface area (TPSA) is 73.7 Å². The number of nitrogens with zero attached hydrogens (tertiary/aromatic N) is 3. The molecular formula is C22H30F3N3O3S. The van der Waals surface area contributed by atoms with Gasteiger partial charge in [-0.15, -0.1) is 11.8 Å². The SMILES string of the molecule is CCCSc1nc(N2CCCC(CC(=O)O)C2)ccc1C(=O)N1CCC(C(F)(F)F)CC1. The highest BCUT2D eigenvalue weighted by Crippen LogP contribution is 2.35. The number of carbonyl (C=O) groups is 2. The molecule has 0 radical (unpaired) electrons. The van der Waals surface area contributed by atoms with E-state index in [1.165, 1.54) is 16.7 Å². The average molecular weight is 474 g/mol. The van der Waals surface area contributed by atoms with E-state index in [-0.39, 0.29) is 44.2 Å². The molecule has 1 N–H and O–H groups in total. The first-order chi connectivity index (χ1) is 15.2. The van der Waals surface area contributed by atoms with Gasteiger partial charge in [0.1, 0.15) is 10.8 Å². The molecule has 0 aromatic carbocycles. The number of hydrogen-bond acceptors (Lipinski definition) is 5. The monoisotopic (exact) mass is 473 g/mol. The van der Waals surface area contributed by atoms with Gasteiger partial charge in [0.15, 0.2) is 0 Å². The Morgan fingerprint density at radius 3 is 2.53 bits per heavy atom. The second kappa shape index (κ2) is 10.8. The lowest BCUT2D eigenvalue weighted by molar-refractivity contribution is -0.183. The number of piperidine rings is 2. The Hall–Kier alpha value is -1.97. The van der Waals surface area contributed by atoms with Crippen molar-refractivity contribution in [3.05, 3.63) is 17.7 Å². The van der Waals surface area contributed by atoms with Gasteiger partial charge < -0.3 is 14.9 Å². The van der Waals surface area contributed by atoms with Gasteiger partial charge in [0.05, 0.1) is 11.5 Å². The Kier molecular flexibility index (Phi) is 8.30. The van der Waals surface area contributed by atoms with Crippen molar-refractivity contribution in [3.8, 4) is 0 Å². The number of carbonyl (C=O) groups excluding carboxylic acids is 1. The number of thioether (sulfide) groups is 1. The summed E-state index contributed by atoms with van der Waals surface area (Å²) in [6.45, 7) is 3.59. The lowest BCUT2D eigenvalue weighted by Gasteiger charge is -2.34. The Morgan fingerprint density at radius 2 is 1.91 bits per heavy atom. The highest BCUT2D eigenvalue weighted by molar-refractivity contribution is 7.99. The van der Waals surface area contributed by atoms with E-state index in [0.29, 0.717) is 23.0 Å². The van der Waals surface area contributed by atoms with E-state index in [2.05, 4.69) is 4.90 Å². The van der Waals surface area contributed by atoms with Gasteiger partial charge in [0, 0.05) is 32.6 Å². The van der Waals surface area contributed by atoms with Gasteiger partial charge in [-0.1, -0.05) is 6.92 Å². The van der Waals surface area contributed by atoms with Crippen LogP contribution in [0.4, 0.5) is 19.0 Å². The van der Waals surface area contributed by atoms with E-state index in [1.54, 1.807) is 12.1 Å². The second-order valence-electron chi connectivity index (χ2n) is 8.53. The van der Waals surface area contributed by atoms with Crippen LogP contribution in [0.3, 0.4) is 0 Å². The van der Waals surface area contributed by atoms with Crippen molar-refractivity contribution in [1.82, 2.24) is 9.88 Å². The first kappa shape index (κ1) is 24.7. The molecule has 178 valence electrons. The lowest BCUT2D eigenvalue weighted by atomic mass is 9.95. The van der Waals surface area contributed by atoms with Gasteiger partial charge in [-0.3, -0.25) is 9.59 Å². The molecule has 1 atom stereocenters. The minimum atomic E-state index is -4.21. The molecule has 10 heteroatoms. The molecule has 3 rings (SSSR count). The van der Waals surface area contributed by atoms with Crippen molar-refractivity contribution >= 4 is 29.5 Å². The fourth-order valence-corrected chi connectivity index (χ4v) is 5.21. The first-order valence-electron chi connectivity index (χ1n) is 11.2. The van der Waals surface area contributed by atoms with Crippen molar-refractivity contribution in [1.29, 1.82) is 0 Å². The number of alkyl halides is 3. The number of hydrogen-bond donors (Lipinski definition) is 1. The molecule has 0 aliphatic carbocycles. The molecule has 0 spiro atoms. The predicted octanol–water partition coefficient (Wildman–Crippen LogP) is 4.69. The standard InChI is InChI=1S/C22H30F3N3O3S/c1-2-12-32-20-17(21(31)27-10-7-16(8-11-27)22(23,24)25)5-6-18(26-20)28-9-3-4-15(14-28)13-19(29)30/h5-6,15-16H,2-4,7-14H2,1H3,(H,29,30). The maximum atomic E-state index is 13.1. The number of pyridine rings is 1. The summed E-state index contributed by atoms with van der Waals surface area (Å²) >= 11 is 1.47. The zero-order chi connectivity index (χ0) is 23.3. The van der Waals surface area contributed by atoms with Crippen molar-refractivity contribution < 1.29 is 27.9 Å². The third kappa shape index (κ3) is 6.30. The summed E-state index contributed by atoms with van der Waals surface area (Å²) in [5.41, 5.74) is 0.428. The van der Waals surface area contributed by atoms with Crippen molar-refractivity contribution in [3.63, 3.8) is 0 Å². The maximum Gasteiger partial charge on any atom is 0.391 e. The highest BCUT2D eigenvalue weighted by atomic mass is 32.2. The van der Waals surface area contributed by atoms with Gasteiger partial charge >= 0.3 is 12.1 Å². The molecule has 0 saturated carbocycles. The summed E-state index contributed by atoms with van der Waals surface area (Å²) in [6, 6.07) is 3.49. The Labute approximate surface area is 190 Å². The molecular weight excluding hydrogens is 443 g/mol. The average Bonchev–Trinajstić information content (AvgIpc) is 2.76. The van der Waals surface area contributed by atoms with Crippen LogP contribution >= 0.6 is 11.8 Å². The molecule has 2 fully saturated rings. The number of halogens is 3. The molecule has 3 heterocycles. The number of carboxylic acid groups (broad SMARTS) is 1. The van der Waals surface area contributed by atoms with Crippen LogP contribution in [0, 0.1) is 11.8 Å². The molecule has 32 heavy (non-hydrogen) atoms. The van der Waals surface area contributed by atoms with Crippen molar-refractivity contribution in [2.75, 3.05) is 36.8 Å². The number of rotatable bonds is 7. The fraction of sp³-hybridized carbons (Fsp3) is 0.682. The van der Waals surface area contributed by atoms with Gasteiger partial charge in [-0.05, 0) is 55.9 Å². The van der Waals surface area contributed by atoms with Crippen LogP contribution in [0.1, 0.15) is 55.8 Å². The third-order valence-electron chi connectivity index (χ3n) is 6.07. The summed E-state index contributed by atoms with van der Waals surface area (Å²) in [4.78, 5) is 32.5. The molecule has 2 aliphatic rings. The second-order valence-corrected chi connectivity index (χ2v) is 9.61. The summed E-state index contributed by atoms with van der Waals surface area (Å²) < 4.78 is 38.9. The normalized spacial score (nSPS) is 20.4. The minimum Gasteiger partial charge on any atom is -0.481 e. The molecule has 1 amide bonds. The van der Waals surface area contributed by atoms with E-state index >= 15 is 0 Å². The van der Waals surface area contributed by atoms with Crippen LogP contribution in [-0.4, -0.2) is 65.0 Å². The van der Waals surface area contributed by atoms with Crippen LogP contribution in [0.5, 0.6) is 0 Å². The van der Waals surface area contributed by atoms with Crippen LogP contribution in [0.25, 0.3) is 0 Å². The smallest absolute Gasteiger partial charge is 0.391 e. The first-order valence-corrected chi connectivity index (χ1v) is 12.1. The van der Waals surface area contributed by atoms with Gasteiger partial charge in [-0.25, -0.2) is 4.98 Å². The predicted molar refractivity (Wildman–Crippen MR) is 117 cm³/mol. The molecule has 2 aliphatic heterocycles. The molecule has 1 aromatic rings. The summed E-state index contributed by atoms with van der Waals surface area (Å²) in [5, 5.41) is 9.69. The van der Waals surface area contributed by atoms with E-state index in [0.717, 1.165) is 31.6 Å². The quantitative estimate of drug-likeness (QED) is 0.580. The fourth-order valence-electron chi connectivity index (χ4n) is 4.35. The molecule has 0 bridgehead atoms. The number of carboxylic acids is 1. The van der Waals surface area contributed by atoms with Gasteiger partial charge in [0.25, 0.3) is 5.91 Å². The number of aliphatic carboxylic acids is 1. The van der Waals surface area contributed by atoms with Crippen molar-refractivity contribution in [2.24, 2.45) is 11.8 Å². The maximum absolute atomic E-state index is 13.1. The molecule has 2 saturated heterocycles. The van der Waals surface area contributed by atoms with Crippen molar-refractivity contribution in [2.45, 2.75) is 56.7 Å². The summed E-state index contributed by atoms with van der Waals surface area (Å²) in [5.74, 6) is -0.880. The number of anilines is 1. The van der Waals surface area contributed by atoms with Crippen LogP contribution in [0.2, 0.25) is 0 Å². The van der Waals surface area contributed by atoms with Crippen LogP contribution < -0.4 is 4.90 Å². The third-order valence-corrected chi connectivity index (χ3v) is 7.27. The zero-order valence-electron chi connectivity index (χ0n) is 18.2. The Balaban J connectivity index is 1.75. The summed E-state index contributed by atoms with van der Waals surface area (Å²) in [7, 11) is 0. The van der Waals surface area contributed by atoms with E-state index in [1.807, 2.05) is 6.92 Å². The van der Waals surface area contributed by atoms with E-state index in [4.69, 9.17) is 10.1 Å².